The SMILES string of the molecule is COc1ccc(COn2cccc(C(=O)Nc3ccc(OC)cc3)c2=O)cc1. The van der Waals surface area contributed by atoms with Crippen molar-refractivity contribution in [2.75, 3.05) is 19.5 Å². The zero-order chi connectivity index (χ0) is 19.9. The predicted octanol–water partition coefficient (Wildman–Crippen LogP) is 2.75. The van der Waals surface area contributed by atoms with Crippen LogP contribution in [0.4, 0.5) is 5.69 Å². The monoisotopic (exact) mass is 380 g/mol. The van der Waals surface area contributed by atoms with Gasteiger partial charge in [0, 0.05) is 11.9 Å². The number of ether oxygens (including phenoxy) is 2. The Labute approximate surface area is 162 Å². The van der Waals surface area contributed by atoms with E-state index in [0.29, 0.717) is 11.4 Å². The highest BCUT2D eigenvalue weighted by Gasteiger charge is 2.13. The Morgan fingerprint density at radius 1 is 0.929 bits per heavy atom. The zero-order valence-electron chi connectivity index (χ0n) is 15.5. The normalized spacial score (nSPS) is 10.2. The Balaban J connectivity index is 1.70. The fraction of sp³-hybridized carbons (Fsp3) is 0.143. The Morgan fingerprint density at radius 3 is 2.14 bits per heavy atom. The van der Waals surface area contributed by atoms with Crippen LogP contribution in [-0.4, -0.2) is 24.9 Å². The van der Waals surface area contributed by atoms with Crippen molar-refractivity contribution >= 4 is 11.6 Å². The van der Waals surface area contributed by atoms with Crippen LogP contribution in [0.5, 0.6) is 11.5 Å². The average molecular weight is 380 g/mol. The van der Waals surface area contributed by atoms with Gasteiger partial charge in [-0.25, -0.2) is 0 Å². The lowest BCUT2D eigenvalue weighted by molar-refractivity contribution is 0.0863. The van der Waals surface area contributed by atoms with Crippen molar-refractivity contribution in [2.24, 2.45) is 0 Å². The number of benzene rings is 2. The van der Waals surface area contributed by atoms with Crippen LogP contribution in [0.15, 0.2) is 71.7 Å². The van der Waals surface area contributed by atoms with Gasteiger partial charge in [0.05, 0.1) is 14.2 Å². The van der Waals surface area contributed by atoms with E-state index < -0.39 is 11.5 Å². The first-order valence-corrected chi connectivity index (χ1v) is 8.54. The molecule has 28 heavy (non-hydrogen) atoms. The molecule has 0 unspecified atom stereocenters. The maximum Gasteiger partial charge on any atom is 0.295 e. The molecular formula is C21H20N2O5. The van der Waals surface area contributed by atoms with Crippen molar-refractivity contribution in [3.8, 4) is 11.5 Å². The molecule has 1 amide bonds. The first-order valence-electron chi connectivity index (χ1n) is 8.54. The Kier molecular flexibility index (Phi) is 5.96. The van der Waals surface area contributed by atoms with E-state index in [-0.39, 0.29) is 12.2 Å². The summed E-state index contributed by atoms with van der Waals surface area (Å²) in [6.07, 6.45) is 1.47. The molecule has 7 heteroatoms. The van der Waals surface area contributed by atoms with E-state index in [9.17, 15) is 9.59 Å². The number of aromatic nitrogens is 1. The molecule has 2 aromatic carbocycles. The van der Waals surface area contributed by atoms with Crippen LogP contribution in [0, 0.1) is 0 Å². The predicted molar refractivity (Wildman–Crippen MR) is 105 cm³/mol. The molecule has 0 aliphatic rings. The first kappa shape index (κ1) is 19.0. The molecule has 0 saturated heterocycles. The van der Waals surface area contributed by atoms with Gasteiger partial charge in [-0.05, 0) is 54.1 Å². The van der Waals surface area contributed by atoms with Crippen molar-refractivity contribution in [1.29, 1.82) is 0 Å². The van der Waals surface area contributed by atoms with Gasteiger partial charge in [-0.3, -0.25) is 9.59 Å². The summed E-state index contributed by atoms with van der Waals surface area (Å²) in [7, 11) is 3.15. The molecule has 0 aliphatic carbocycles. The van der Waals surface area contributed by atoms with Crippen molar-refractivity contribution < 1.29 is 19.1 Å². The highest BCUT2D eigenvalue weighted by molar-refractivity contribution is 6.03. The number of nitrogens with zero attached hydrogens (tertiary/aromatic N) is 1. The maximum absolute atomic E-state index is 12.6. The van der Waals surface area contributed by atoms with E-state index in [1.54, 1.807) is 56.7 Å². The van der Waals surface area contributed by atoms with Crippen molar-refractivity contribution in [3.05, 3.63) is 88.3 Å². The second-order valence-corrected chi connectivity index (χ2v) is 5.86. The van der Waals surface area contributed by atoms with Crippen LogP contribution in [0.1, 0.15) is 15.9 Å². The molecule has 1 N–H and O–H groups in total. The number of carbonyl (C=O) groups excluding carboxylic acids is 1. The Hall–Kier alpha value is -3.74. The zero-order valence-corrected chi connectivity index (χ0v) is 15.5. The number of carbonyl (C=O) groups is 1. The van der Waals surface area contributed by atoms with Gasteiger partial charge in [0.25, 0.3) is 11.5 Å². The molecule has 0 bridgehead atoms. The maximum atomic E-state index is 12.6. The van der Waals surface area contributed by atoms with Gasteiger partial charge in [-0.1, -0.05) is 12.1 Å². The smallest absolute Gasteiger partial charge is 0.295 e. The molecule has 0 radical (unpaired) electrons. The molecule has 1 aromatic heterocycles. The van der Waals surface area contributed by atoms with E-state index in [1.165, 1.54) is 12.3 Å². The summed E-state index contributed by atoms with van der Waals surface area (Å²) in [5.41, 5.74) is 0.857. The lowest BCUT2D eigenvalue weighted by atomic mass is 10.2. The van der Waals surface area contributed by atoms with Crippen molar-refractivity contribution in [3.63, 3.8) is 0 Å². The molecule has 1 heterocycles. The van der Waals surface area contributed by atoms with E-state index in [2.05, 4.69) is 5.32 Å². The molecular weight excluding hydrogens is 360 g/mol. The number of hydrogen-bond donors (Lipinski definition) is 1. The minimum atomic E-state index is -0.540. The van der Waals surface area contributed by atoms with Crippen LogP contribution in [0.2, 0.25) is 0 Å². The van der Waals surface area contributed by atoms with Crippen molar-refractivity contribution in [1.82, 2.24) is 4.73 Å². The number of nitrogens with one attached hydrogen (secondary N) is 1. The van der Waals surface area contributed by atoms with Crippen LogP contribution < -0.4 is 25.2 Å². The van der Waals surface area contributed by atoms with Gasteiger partial charge < -0.3 is 19.6 Å². The standard InChI is InChI=1S/C21H20N2O5/c1-26-17-9-5-15(6-10-17)14-28-23-13-3-4-19(21(23)25)20(24)22-16-7-11-18(27-2)12-8-16/h3-13H,14H2,1-2H3,(H,22,24). The van der Waals surface area contributed by atoms with Crippen LogP contribution in [0.3, 0.4) is 0 Å². The van der Waals surface area contributed by atoms with Gasteiger partial charge >= 0.3 is 0 Å². The summed E-state index contributed by atoms with van der Waals surface area (Å²) >= 11 is 0. The topological polar surface area (TPSA) is 78.8 Å². The minimum absolute atomic E-state index is 0.0203. The molecule has 0 spiro atoms. The van der Waals surface area contributed by atoms with Crippen LogP contribution in [-0.2, 0) is 6.61 Å². The highest BCUT2D eigenvalue weighted by atomic mass is 16.7. The van der Waals surface area contributed by atoms with E-state index in [1.807, 2.05) is 12.1 Å². The van der Waals surface area contributed by atoms with Crippen LogP contribution in [0.25, 0.3) is 0 Å². The number of hydrogen-bond acceptors (Lipinski definition) is 5. The number of methoxy groups -OCH3 is 2. The van der Waals surface area contributed by atoms with Gasteiger partial charge in [0.15, 0.2) is 0 Å². The summed E-state index contributed by atoms with van der Waals surface area (Å²) in [4.78, 5) is 30.6. The number of anilines is 1. The Bertz CT molecular complexity index is 995. The van der Waals surface area contributed by atoms with Gasteiger partial charge in [0.1, 0.15) is 23.7 Å². The van der Waals surface area contributed by atoms with E-state index in [0.717, 1.165) is 16.0 Å². The fourth-order valence-electron chi connectivity index (χ4n) is 2.49. The molecule has 0 aliphatic heterocycles. The Morgan fingerprint density at radius 2 is 1.54 bits per heavy atom. The van der Waals surface area contributed by atoms with E-state index in [4.69, 9.17) is 14.3 Å². The molecule has 0 atom stereocenters. The lowest BCUT2D eigenvalue weighted by Gasteiger charge is -2.11. The number of rotatable bonds is 7. The lowest BCUT2D eigenvalue weighted by Crippen LogP contribution is -2.32. The largest absolute Gasteiger partial charge is 0.497 e. The average Bonchev–Trinajstić information content (AvgIpc) is 2.74. The van der Waals surface area contributed by atoms with Gasteiger partial charge in [0.2, 0.25) is 0 Å². The summed E-state index contributed by atoms with van der Waals surface area (Å²) < 4.78 is 11.2. The molecule has 0 saturated carbocycles. The molecule has 3 aromatic rings. The third-order valence-electron chi connectivity index (χ3n) is 4.04. The highest BCUT2D eigenvalue weighted by Crippen LogP contribution is 2.15. The third-order valence-corrected chi connectivity index (χ3v) is 4.04. The second-order valence-electron chi connectivity index (χ2n) is 5.86. The number of pyridine rings is 1. The minimum Gasteiger partial charge on any atom is -0.497 e. The van der Waals surface area contributed by atoms with E-state index >= 15 is 0 Å². The molecule has 144 valence electrons. The fourth-order valence-corrected chi connectivity index (χ4v) is 2.49. The quantitative estimate of drug-likeness (QED) is 0.682. The molecule has 3 rings (SSSR count). The molecule has 0 fully saturated rings. The summed E-state index contributed by atoms with van der Waals surface area (Å²) in [6.45, 7) is 0.174. The first-order chi connectivity index (χ1) is 13.6. The van der Waals surface area contributed by atoms with Gasteiger partial charge in [-0.15, -0.1) is 0 Å². The van der Waals surface area contributed by atoms with Crippen LogP contribution >= 0.6 is 0 Å². The number of amides is 1. The van der Waals surface area contributed by atoms with Crippen molar-refractivity contribution in [2.45, 2.75) is 6.61 Å². The third kappa shape index (κ3) is 4.50. The summed E-state index contributed by atoms with van der Waals surface area (Å²) in [6, 6.07) is 17.1. The second kappa shape index (κ2) is 8.77. The molecule has 7 nitrogen and oxygen atoms in total. The summed E-state index contributed by atoms with van der Waals surface area (Å²) in [5.74, 6) is 0.891. The summed E-state index contributed by atoms with van der Waals surface area (Å²) in [5, 5.41) is 2.69. The van der Waals surface area contributed by atoms with Gasteiger partial charge in [-0.2, -0.15) is 4.73 Å².